The smallest absolute Gasteiger partial charge is 0.261 e. The highest BCUT2D eigenvalue weighted by atomic mass is 32.1. The van der Waals surface area contributed by atoms with Crippen LogP contribution in [0.4, 0.5) is 5.13 Å². The van der Waals surface area contributed by atoms with E-state index in [-0.39, 0.29) is 22.1 Å². The minimum absolute atomic E-state index is 0.207. The molecule has 3 aromatic rings. The number of nitrogens with one attached hydrogen (secondary N) is 1. The first-order chi connectivity index (χ1) is 11.5. The number of hydrogen-bond donors (Lipinski definition) is 2. The van der Waals surface area contributed by atoms with Crippen molar-refractivity contribution in [3.63, 3.8) is 0 Å². The molecule has 122 valence electrons. The maximum absolute atomic E-state index is 12.4. The number of benzene rings is 1. The molecule has 0 aliphatic rings. The second kappa shape index (κ2) is 6.20. The standard InChI is InChI=1S/C15H13N5O3S/c1-8-3-2-4-9-12(8)18-7-20(14(9)23)6-11(21)19-15-17-5-10(24-15)13(16)22/h2-5,7H,6H2,1H3,(H2,16,22)(H,17,19,21). The molecule has 0 atom stereocenters. The number of para-hydroxylation sites is 1. The minimum Gasteiger partial charge on any atom is -0.365 e. The second-order valence-electron chi connectivity index (χ2n) is 5.09. The number of nitrogens with zero attached hydrogens (tertiary/aromatic N) is 3. The van der Waals surface area contributed by atoms with Crippen molar-refractivity contribution in [3.05, 3.63) is 51.5 Å². The number of rotatable bonds is 4. The van der Waals surface area contributed by atoms with E-state index in [0.717, 1.165) is 16.9 Å². The number of aromatic nitrogens is 3. The Morgan fingerprint density at radius 1 is 1.33 bits per heavy atom. The molecule has 0 fully saturated rings. The average molecular weight is 343 g/mol. The second-order valence-corrected chi connectivity index (χ2v) is 6.12. The maximum Gasteiger partial charge on any atom is 0.261 e. The van der Waals surface area contributed by atoms with Crippen LogP contribution in [-0.4, -0.2) is 26.3 Å². The molecule has 2 heterocycles. The van der Waals surface area contributed by atoms with Crippen molar-refractivity contribution in [3.8, 4) is 0 Å². The van der Waals surface area contributed by atoms with Crippen molar-refractivity contribution in [1.82, 2.24) is 14.5 Å². The first kappa shape index (κ1) is 15.8. The van der Waals surface area contributed by atoms with Crippen LogP contribution in [0.3, 0.4) is 0 Å². The van der Waals surface area contributed by atoms with Gasteiger partial charge in [0.05, 0.1) is 23.4 Å². The maximum atomic E-state index is 12.4. The highest BCUT2D eigenvalue weighted by Gasteiger charge is 2.12. The lowest BCUT2D eigenvalue weighted by Gasteiger charge is -2.07. The summed E-state index contributed by atoms with van der Waals surface area (Å²) in [5.41, 5.74) is 6.34. The molecule has 0 saturated heterocycles. The summed E-state index contributed by atoms with van der Waals surface area (Å²) in [5, 5.41) is 3.22. The Labute approximate surface area is 140 Å². The van der Waals surface area contributed by atoms with E-state index in [0.29, 0.717) is 10.9 Å². The molecule has 2 aromatic heterocycles. The Balaban J connectivity index is 1.81. The van der Waals surface area contributed by atoms with E-state index >= 15 is 0 Å². The number of hydrogen-bond acceptors (Lipinski definition) is 6. The van der Waals surface area contributed by atoms with E-state index in [4.69, 9.17) is 5.73 Å². The third-order valence-corrected chi connectivity index (χ3v) is 4.29. The molecule has 0 radical (unpaired) electrons. The molecule has 0 bridgehead atoms. The molecule has 0 saturated carbocycles. The van der Waals surface area contributed by atoms with Gasteiger partial charge >= 0.3 is 0 Å². The number of carbonyl (C=O) groups excluding carboxylic acids is 2. The van der Waals surface area contributed by atoms with Crippen LogP contribution >= 0.6 is 11.3 Å². The zero-order valence-electron chi connectivity index (χ0n) is 12.6. The van der Waals surface area contributed by atoms with Gasteiger partial charge in [0.1, 0.15) is 11.4 Å². The van der Waals surface area contributed by atoms with Gasteiger partial charge in [0, 0.05) is 0 Å². The number of carbonyl (C=O) groups is 2. The van der Waals surface area contributed by atoms with Crippen LogP contribution in [0.25, 0.3) is 10.9 Å². The summed E-state index contributed by atoms with van der Waals surface area (Å²) >= 11 is 0.968. The van der Waals surface area contributed by atoms with E-state index in [1.165, 1.54) is 17.1 Å². The molecule has 0 aliphatic heterocycles. The van der Waals surface area contributed by atoms with Gasteiger partial charge in [-0.2, -0.15) is 0 Å². The van der Waals surface area contributed by atoms with Crippen molar-refractivity contribution < 1.29 is 9.59 Å². The molecule has 3 N–H and O–H groups in total. The summed E-state index contributed by atoms with van der Waals surface area (Å²) in [6.07, 6.45) is 2.63. The normalized spacial score (nSPS) is 10.7. The van der Waals surface area contributed by atoms with Crippen molar-refractivity contribution in [1.29, 1.82) is 0 Å². The van der Waals surface area contributed by atoms with E-state index in [2.05, 4.69) is 15.3 Å². The fourth-order valence-electron chi connectivity index (χ4n) is 2.21. The van der Waals surface area contributed by atoms with Crippen LogP contribution in [-0.2, 0) is 11.3 Å². The number of thiazole rings is 1. The summed E-state index contributed by atoms with van der Waals surface area (Å²) in [7, 11) is 0. The SMILES string of the molecule is Cc1cccc2c(=O)n(CC(=O)Nc3ncc(C(N)=O)s3)cnc12. The topological polar surface area (TPSA) is 120 Å². The molecule has 9 heteroatoms. The fraction of sp³-hybridized carbons (Fsp3) is 0.133. The van der Waals surface area contributed by atoms with E-state index in [9.17, 15) is 14.4 Å². The molecule has 3 rings (SSSR count). The lowest BCUT2D eigenvalue weighted by molar-refractivity contribution is -0.116. The predicted octanol–water partition coefficient (Wildman–Crippen LogP) is 0.899. The van der Waals surface area contributed by atoms with Crippen LogP contribution in [0.2, 0.25) is 0 Å². The first-order valence-corrected chi connectivity index (χ1v) is 7.77. The lowest BCUT2D eigenvalue weighted by atomic mass is 10.1. The van der Waals surface area contributed by atoms with Gasteiger partial charge in [0.25, 0.3) is 11.5 Å². The summed E-state index contributed by atoms with van der Waals surface area (Å²) < 4.78 is 1.22. The van der Waals surface area contributed by atoms with Crippen LogP contribution in [0, 0.1) is 6.92 Å². The predicted molar refractivity (Wildman–Crippen MR) is 90.0 cm³/mol. The van der Waals surface area contributed by atoms with E-state index < -0.39 is 11.8 Å². The highest BCUT2D eigenvalue weighted by molar-refractivity contribution is 7.17. The van der Waals surface area contributed by atoms with Gasteiger partial charge in [-0.3, -0.25) is 19.0 Å². The van der Waals surface area contributed by atoms with Gasteiger partial charge in [-0.25, -0.2) is 9.97 Å². The van der Waals surface area contributed by atoms with Gasteiger partial charge < -0.3 is 11.1 Å². The summed E-state index contributed by atoms with van der Waals surface area (Å²) in [5.74, 6) is -1.06. The molecule has 8 nitrogen and oxygen atoms in total. The number of aryl methyl sites for hydroxylation is 1. The quantitative estimate of drug-likeness (QED) is 0.729. The van der Waals surface area contributed by atoms with Gasteiger partial charge in [0.2, 0.25) is 5.91 Å². The Hall–Kier alpha value is -3.07. The lowest BCUT2D eigenvalue weighted by Crippen LogP contribution is -2.28. The first-order valence-electron chi connectivity index (χ1n) is 6.96. The fourth-order valence-corrected chi connectivity index (χ4v) is 2.89. The Morgan fingerprint density at radius 3 is 2.83 bits per heavy atom. The number of nitrogens with two attached hydrogens (primary N) is 1. The minimum atomic E-state index is -0.613. The number of anilines is 1. The molecular formula is C15H13N5O3S. The third-order valence-electron chi connectivity index (χ3n) is 3.36. The third kappa shape index (κ3) is 3.01. The summed E-state index contributed by atoms with van der Waals surface area (Å²) in [6, 6.07) is 5.31. The summed E-state index contributed by atoms with van der Waals surface area (Å²) in [4.78, 5) is 43.9. The van der Waals surface area contributed by atoms with Gasteiger partial charge in [-0.1, -0.05) is 23.5 Å². The number of amides is 2. The zero-order valence-corrected chi connectivity index (χ0v) is 13.5. The van der Waals surface area contributed by atoms with Gasteiger partial charge in [0.15, 0.2) is 5.13 Å². The van der Waals surface area contributed by atoms with Crippen LogP contribution in [0.15, 0.2) is 35.5 Å². The molecular weight excluding hydrogens is 330 g/mol. The van der Waals surface area contributed by atoms with Crippen LogP contribution < -0.4 is 16.6 Å². The Bertz CT molecular complexity index is 1010. The number of primary amides is 1. The average Bonchev–Trinajstić information content (AvgIpc) is 2.99. The van der Waals surface area contributed by atoms with Crippen molar-refractivity contribution >= 4 is 39.2 Å². The van der Waals surface area contributed by atoms with Crippen molar-refractivity contribution in [2.24, 2.45) is 5.73 Å². The largest absolute Gasteiger partial charge is 0.365 e. The van der Waals surface area contributed by atoms with E-state index in [1.807, 2.05) is 13.0 Å². The molecule has 0 spiro atoms. The molecule has 0 aliphatic carbocycles. The van der Waals surface area contributed by atoms with E-state index in [1.54, 1.807) is 12.1 Å². The van der Waals surface area contributed by atoms with Crippen LogP contribution in [0.5, 0.6) is 0 Å². The zero-order chi connectivity index (χ0) is 17.3. The van der Waals surface area contributed by atoms with Crippen molar-refractivity contribution in [2.45, 2.75) is 13.5 Å². The summed E-state index contributed by atoms with van der Waals surface area (Å²) in [6.45, 7) is 1.66. The highest BCUT2D eigenvalue weighted by Crippen LogP contribution is 2.17. The monoisotopic (exact) mass is 343 g/mol. The van der Waals surface area contributed by atoms with Gasteiger partial charge in [-0.05, 0) is 18.6 Å². The molecule has 0 unspecified atom stereocenters. The van der Waals surface area contributed by atoms with Gasteiger partial charge in [-0.15, -0.1) is 0 Å². The molecule has 24 heavy (non-hydrogen) atoms. The Kier molecular flexibility index (Phi) is 4.09. The Morgan fingerprint density at radius 2 is 2.12 bits per heavy atom. The number of fused-ring (bicyclic) bond motifs is 1. The molecule has 2 amide bonds. The van der Waals surface area contributed by atoms with Crippen LogP contribution in [0.1, 0.15) is 15.2 Å². The van der Waals surface area contributed by atoms with Crippen molar-refractivity contribution in [2.75, 3.05) is 5.32 Å². The molecule has 1 aromatic carbocycles.